The molecule has 0 spiro atoms. The summed E-state index contributed by atoms with van der Waals surface area (Å²) in [4.78, 5) is 43.4. The van der Waals surface area contributed by atoms with E-state index >= 15 is 0 Å². The molecule has 0 N–H and O–H groups in total. The van der Waals surface area contributed by atoms with Crippen molar-refractivity contribution in [2.45, 2.75) is 19.4 Å². The molecule has 0 fully saturated rings. The summed E-state index contributed by atoms with van der Waals surface area (Å²) >= 11 is 0. The number of amides is 1. The highest BCUT2D eigenvalue weighted by atomic mass is 16.5. The molecule has 0 saturated heterocycles. The molecular formula is C23H22N6O4. The fourth-order valence-electron chi connectivity index (χ4n) is 3.25. The minimum absolute atomic E-state index is 0.0413. The summed E-state index contributed by atoms with van der Waals surface area (Å²) in [5.74, 6) is 0.0819. The maximum Gasteiger partial charge on any atom is 0.351 e. The number of carbonyl (C=O) groups is 1. The molecule has 33 heavy (non-hydrogen) atoms. The summed E-state index contributed by atoms with van der Waals surface area (Å²) < 4.78 is 7.27. The molecule has 0 aliphatic carbocycles. The third-order valence-electron chi connectivity index (χ3n) is 5.10. The zero-order valence-electron chi connectivity index (χ0n) is 18.2. The van der Waals surface area contributed by atoms with Gasteiger partial charge in [-0.1, -0.05) is 53.7 Å². The summed E-state index contributed by atoms with van der Waals surface area (Å²) in [5.41, 5.74) is 0.173. The average Bonchev–Trinajstić information content (AvgIpc) is 3.31. The Morgan fingerprint density at radius 1 is 1.03 bits per heavy atom. The minimum atomic E-state index is -0.641. The van der Waals surface area contributed by atoms with Crippen molar-refractivity contribution in [1.29, 1.82) is 0 Å². The van der Waals surface area contributed by atoms with Gasteiger partial charge in [0.25, 0.3) is 5.56 Å². The number of carbonyl (C=O) groups excluding carboxylic acids is 1. The number of rotatable bonds is 7. The van der Waals surface area contributed by atoms with Gasteiger partial charge in [0, 0.05) is 33.5 Å². The van der Waals surface area contributed by atoms with Gasteiger partial charge < -0.3 is 9.42 Å². The van der Waals surface area contributed by atoms with Crippen LogP contribution in [0.4, 0.5) is 0 Å². The number of aromatic nitrogens is 5. The molecule has 2 aromatic heterocycles. The van der Waals surface area contributed by atoms with Crippen LogP contribution in [0.3, 0.4) is 0 Å². The second kappa shape index (κ2) is 9.43. The van der Waals surface area contributed by atoms with E-state index < -0.39 is 11.2 Å². The maximum atomic E-state index is 12.6. The predicted molar refractivity (Wildman–Crippen MR) is 120 cm³/mol. The normalized spacial score (nSPS) is 10.8. The van der Waals surface area contributed by atoms with Crippen molar-refractivity contribution in [3.63, 3.8) is 0 Å². The third kappa shape index (κ3) is 4.79. The zero-order valence-corrected chi connectivity index (χ0v) is 18.2. The highest BCUT2D eigenvalue weighted by Gasteiger charge is 2.20. The molecule has 0 atom stereocenters. The van der Waals surface area contributed by atoms with Gasteiger partial charge in [-0.25, -0.2) is 4.79 Å². The van der Waals surface area contributed by atoms with Crippen LogP contribution in [0.1, 0.15) is 17.9 Å². The van der Waals surface area contributed by atoms with E-state index in [-0.39, 0.29) is 36.2 Å². The van der Waals surface area contributed by atoms with Gasteiger partial charge in [0.15, 0.2) is 5.69 Å². The highest BCUT2D eigenvalue weighted by Crippen LogP contribution is 2.12. The smallest absolute Gasteiger partial charge is 0.341 e. The Balaban J connectivity index is 1.50. The molecule has 4 aromatic rings. The first-order chi connectivity index (χ1) is 15.9. The number of hydrogen-bond donors (Lipinski definition) is 0. The van der Waals surface area contributed by atoms with Gasteiger partial charge in [0.2, 0.25) is 17.6 Å². The third-order valence-corrected chi connectivity index (χ3v) is 5.10. The first kappa shape index (κ1) is 21.9. The second-order valence-electron chi connectivity index (χ2n) is 7.49. The van der Waals surface area contributed by atoms with Crippen LogP contribution in [-0.2, 0) is 24.8 Å². The van der Waals surface area contributed by atoms with Crippen molar-refractivity contribution in [2.75, 3.05) is 7.05 Å². The lowest BCUT2D eigenvalue weighted by Crippen LogP contribution is -2.40. The van der Waals surface area contributed by atoms with Gasteiger partial charge in [-0.2, -0.15) is 14.8 Å². The summed E-state index contributed by atoms with van der Waals surface area (Å²) in [6.07, 6.45) is 0.378. The first-order valence-corrected chi connectivity index (χ1v) is 10.3. The number of benzene rings is 2. The Labute approximate surface area is 188 Å². The summed E-state index contributed by atoms with van der Waals surface area (Å²) in [6.45, 7) is 0.496. The van der Waals surface area contributed by atoms with Gasteiger partial charge in [-0.15, -0.1) is 0 Å². The van der Waals surface area contributed by atoms with Crippen molar-refractivity contribution in [2.24, 2.45) is 7.05 Å². The van der Waals surface area contributed by atoms with Gasteiger partial charge in [0.05, 0.1) is 5.69 Å². The van der Waals surface area contributed by atoms with Crippen molar-refractivity contribution in [1.82, 2.24) is 29.4 Å². The fraction of sp³-hybridized carbons (Fsp3) is 0.217. The van der Waals surface area contributed by atoms with Crippen LogP contribution in [0.2, 0.25) is 0 Å². The molecule has 0 aliphatic rings. The molecule has 0 saturated carbocycles. The minimum Gasteiger partial charge on any atom is -0.341 e. The Morgan fingerprint density at radius 3 is 2.39 bits per heavy atom. The van der Waals surface area contributed by atoms with Crippen LogP contribution in [0, 0.1) is 0 Å². The fourth-order valence-corrected chi connectivity index (χ4v) is 3.25. The molecule has 2 aromatic carbocycles. The van der Waals surface area contributed by atoms with E-state index in [1.807, 2.05) is 30.3 Å². The van der Waals surface area contributed by atoms with Gasteiger partial charge >= 0.3 is 5.69 Å². The van der Waals surface area contributed by atoms with Crippen LogP contribution >= 0.6 is 0 Å². The van der Waals surface area contributed by atoms with Crippen LogP contribution in [0.5, 0.6) is 0 Å². The van der Waals surface area contributed by atoms with Crippen molar-refractivity contribution in [3.8, 4) is 17.2 Å². The number of hydrogen-bond acceptors (Lipinski definition) is 7. The molecule has 0 bridgehead atoms. The summed E-state index contributed by atoms with van der Waals surface area (Å²) in [6, 6.07) is 18.4. The van der Waals surface area contributed by atoms with E-state index in [9.17, 15) is 14.4 Å². The molecule has 0 aliphatic heterocycles. The lowest BCUT2D eigenvalue weighted by Gasteiger charge is -2.16. The van der Waals surface area contributed by atoms with Gasteiger partial charge in [-0.3, -0.25) is 14.2 Å². The first-order valence-electron chi connectivity index (χ1n) is 10.3. The van der Waals surface area contributed by atoms with Crippen LogP contribution in [-0.4, -0.2) is 42.3 Å². The van der Waals surface area contributed by atoms with Crippen molar-refractivity contribution < 1.29 is 9.32 Å². The van der Waals surface area contributed by atoms with Gasteiger partial charge in [-0.05, 0) is 17.7 Å². The molecule has 4 rings (SSSR count). The standard InChI is InChI=1S/C23H22N6O4/c1-27(15-16-9-5-3-6-10-16)19(30)14-13-18-24-21(26-33-18)20-22(31)28(2)23(32)29(25-20)17-11-7-4-8-12-17/h3-12H,13-15H2,1-2H3. The summed E-state index contributed by atoms with van der Waals surface area (Å²) in [5, 5.41) is 8.01. The number of para-hydroxylation sites is 1. The SMILES string of the molecule is CN(Cc1ccccc1)C(=O)CCc1nc(-c2nn(-c3ccccc3)c(=O)n(C)c2=O)no1. The average molecular weight is 446 g/mol. The maximum absolute atomic E-state index is 12.6. The Bertz CT molecular complexity index is 1380. The monoisotopic (exact) mass is 446 g/mol. The van der Waals surface area contributed by atoms with E-state index in [2.05, 4.69) is 15.2 Å². The Hall–Kier alpha value is -4.34. The molecule has 2 heterocycles. The Kier molecular flexibility index (Phi) is 6.25. The lowest BCUT2D eigenvalue weighted by molar-refractivity contribution is -0.130. The molecule has 10 nitrogen and oxygen atoms in total. The van der Waals surface area contributed by atoms with Crippen molar-refractivity contribution >= 4 is 5.91 Å². The molecule has 1 amide bonds. The Morgan fingerprint density at radius 2 is 1.70 bits per heavy atom. The molecule has 168 valence electrons. The van der Waals surface area contributed by atoms with Gasteiger partial charge in [0.1, 0.15) is 0 Å². The van der Waals surface area contributed by atoms with Crippen LogP contribution in [0.25, 0.3) is 17.2 Å². The van der Waals surface area contributed by atoms with E-state index in [4.69, 9.17) is 4.52 Å². The molecule has 0 unspecified atom stereocenters. The van der Waals surface area contributed by atoms with E-state index in [1.165, 1.54) is 7.05 Å². The second-order valence-corrected chi connectivity index (χ2v) is 7.49. The zero-order chi connectivity index (χ0) is 23.4. The number of aryl methyl sites for hydroxylation is 1. The van der Waals surface area contributed by atoms with Crippen molar-refractivity contribution in [3.05, 3.63) is 93.0 Å². The molecule has 10 heteroatoms. The van der Waals surface area contributed by atoms with E-state index in [0.717, 1.165) is 14.8 Å². The molecule has 0 radical (unpaired) electrons. The highest BCUT2D eigenvalue weighted by molar-refractivity contribution is 5.76. The number of nitrogens with zero attached hydrogens (tertiary/aromatic N) is 6. The topological polar surface area (TPSA) is 116 Å². The van der Waals surface area contributed by atoms with Crippen LogP contribution < -0.4 is 11.2 Å². The van der Waals surface area contributed by atoms with E-state index in [0.29, 0.717) is 12.2 Å². The quantitative estimate of drug-likeness (QED) is 0.423. The predicted octanol–water partition coefficient (Wildman–Crippen LogP) is 1.57. The lowest BCUT2D eigenvalue weighted by atomic mass is 10.2. The summed E-state index contributed by atoms with van der Waals surface area (Å²) in [7, 11) is 3.09. The van der Waals surface area contributed by atoms with Crippen LogP contribution in [0.15, 0.2) is 74.8 Å². The van der Waals surface area contributed by atoms with E-state index in [1.54, 1.807) is 42.3 Å². The molecular weight excluding hydrogens is 424 g/mol. The largest absolute Gasteiger partial charge is 0.351 e.